The second-order valence-electron chi connectivity index (χ2n) is 5.61. The highest BCUT2D eigenvalue weighted by atomic mass is 32.2. The second kappa shape index (κ2) is 9.29. The fraction of sp³-hybridized carbons (Fsp3) is 0.500. The number of carbonyl (C=O) groups excluding carboxylic acids is 2. The number of nitroso groups, excluding NO2 is 1. The first-order valence-corrected chi connectivity index (χ1v) is 8.18. The van der Waals surface area contributed by atoms with Crippen molar-refractivity contribution in [3.63, 3.8) is 0 Å². The largest absolute Gasteiger partial charge is 0.459 e. The number of nitrogens with zero attached hydrogens (tertiary/aromatic N) is 1. The molecule has 1 rings (SSSR count). The number of benzene rings is 1. The Morgan fingerprint density at radius 2 is 1.96 bits per heavy atom. The van der Waals surface area contributed by atoms with Crippen LogP contribution >= 0.6 is 11.9 Å². The van der Waals surface area contributed by atoms with Crippen LogP contribution in [-0.4, -0.2) is 22.7 Å². The van der Waals surface area contributed by atoms with Crippen LogP contribution in [0.2, 0.25) is 0 Å². The Bertz CT molecular complexity index is 534. The van der Waals surface area contributed by atoms with Crippen LogP contribution in [0.25, 0.3) is 0 Å². The van der Waals surface area contributed by atoms with Gasteiger partial charge in [0.1, 0.15) is 12.6 Å². The molecule has 1 aromatic rings. The monoisotopic (exact) mass is 338 g/mol. The van der Waals surface area contributed by atoms with Crippen molar-refractivity contribution < 1.29 is 14.3 Å². The van der Waals surface area contributed by atoms with Gasteiger partial charge in [-0.2, -0.15) is 0 Å². The van der Waals surface area contributed by atoms with Crippen molar-refractivity contribution in [2.75, 3.05) is 0 Å². The molecule has 0 saturated heterocycles. The normalized spacial score (nSPS) is 12.3. The van der Waals surface area contributed by atoms with Gasteiger partial charge in [-0.1, -0.05) is 37.3 Å². The first-order chi connectivity index (χ1) is 10.9. The maximum atomic E-state index is 12.4. The van der Waals surface area contributed by atoms with Crippen LogP contribution in [0.5, 0.6) is 0 Å². The molecule has 0 unspecified atom stereocenters. The SMILES string of the molecule is CCCC(=O)N[C@@H](C(=O)OCc1ccccc1)C(C)(C)SN=O. The van der Waals surface area contributed by atoms with Crippen molar-refractivity contribution in [2.24, 2.45) is 4.58 Å². The molecule has 7 heteroatoms. The highest BCUT2D eigenvalue weighted by Gasteiger charge is 2.39. The van der Waals surface area contributed by atoms with Gasteiger partial charge in [-0.3, -0.25) is 4.79 Å². The number of nitrogens with one attached hydrogen (secondary N) is 1. The summed E-state index contributed by atoms with van der Waals surface area (Å²) < 4.78 is 7.18. The zero-order valence-corrected chi connectivity index (χ0v) is 14.4. The molecular weight excluding hydrogens is 316 g/mol. The van der Waals surface area contributed by atoms with Crippen LogP contribution in [-0.2, 0) is 20.9 Å². The van der Waals surface area contributed by atoms with E-state index in [4.69, 9.17) is 4.74 Å². The van der Waals surface area contributed by atoms with Crippen molar-refractivity contribution in [1.29, 1.82) is 0 Å². The van der Waals surface area contributed by atoms with Gasteiger partial charge in [0.25, 0.3) is 0 Å². The van der Waals surface area contributed by atoms with E-state index in [-0.39, 0.29) is 12.5 Å². The van der Waals surface area contributed by atoms with Gasteiger partial charge in [0.05, 0.1) is 4.75 Å². The first kappa shape index (κ1) is 19.2. The molecule has 6 nitrogen and oxygen atoms in total. The van der Waals surface area contributed by atoms with Gasteiger partial charge in [-0.05, 0) is 25.8 Å². The topological polar surface area (TPSA) is 84.8 Å². The smallest absolute Gasteiger partial charge is 0.330 e. The predicted molar refractivity (Wildman–Crippen MR) is 90.5 cm³/mol. The van der Waals surface area contributed by atoms with Crippen LogP contribution < -0.4 is 5.32 Å². The molecule has 1 N–H and O–H groups in total. The molecule has 1 amide bonds. The third-order valence-electron chi connectivity index (χ3n) is 3.21. The molecule has 0 aliphatic carbocycles. The highest BCUT2D eigenvalue weighted by Crippen LogP contribution is 2.30. The van der Waals surface area contributed by atoms with Crippen LogP contribution in [0, 0.1) is 4.91 Å². The van der Waals surface area contributed by atoms with Gasteiger partial charge in [-0.15, -0.1) is 4.91 Å². The summed E-state index contributed by atoms with van der Waals surface area (Å²) in [5.41, 5.74) is 0.846. The van der Waals surface area contributed by atoms with Gasteiger partial charge in [-0.25, -0.2) is 4.79 Å². The molecule has 0 fully saturated rings. The molecular formula is C16H22N2O4S. The Hall–Kier alpha value is -1.89. The number of ether oxygens (including phenoxy) is 1. The van der Waals surface area contributed by atoms with Crippen LogP contribution in [0.4, 0.5) is 0 Å². The average molecular weight is 338 g/mol. The Labute approximate surface area is 140 Å². The summed E-state index contributed by atoms with van der Waals surface area (Å²) in [6, 6.07) is 8.29. The maximum Gasteiger partial charge on any atom is 0.330 e. The van der Waals surface area contributed by atoms with E-state index >= 15 is 0 Å². The van der Waals surface area contributed by atoms with Gasteiger partial charge in [0.2, 0.25) is 5.91 Å². The number of hydrogen-bond acceptors (Lipinski definition) is 6. The summed E-state index contributed by atoms with van der Waals surface area (Å²) in [4.78, 5) is 34.8. The quantitative estimate of drug-likeness (QED) is 0.424. The Morgan fingerprint density at radius 1 is 1.30 bits per heavy atom. The van der Waals surface area contributed by atoms with E-state index in [1.807, 2.05) is 37.3 Å². The van der Waals surface area contributed by atoms with E-state index in [9.17, 15) is 14.5 Å². The summed E-state index contributed by atoms with van der Waals surface area (Å²) in [6.07, 6.45) is 0.967. The fourth-order valence-electron chi connectivity index (χ4n) is 1.94. The lowest BCUT2D eigenvalue weighted by molar-refractivity contribution is -0.150. The second-order valence-corrected chi connectivity index (χ2v) is 7.00. The van der Waals surface area contributed by atoms with Gasteiger partial charge < -0.3 is 10.1 Å². The standard InChI is InChI=1S/C16H22N2O4S/c1-4-8-13(19)17-14(16(2,3)23-18-21)15(20)22-11-12-9-6-5-7-10-12/h5-7,9-10,14H,4,8,11H2,1-3H3,(H,17,19)/t14-/m0/s1. The minimum atomic E-state index is -0.951. The molecule has 0 saturated carbocycles. The molecule has 0 aliphatic heterocycles. The van der Waals surface area contributed by atoms with Gasteiger partial charge in [0.15, 0.2) is 0 Å². The van der Waals surface area contributed by atoms with Gasteiger partial charge in [0, 0.05) is 23.0 Å². The Morgan fingerprint density at radius 3 is 2.52 bits per heavy atom. The van der Waals surface area contributed by atoms with E-state index in [1.54, 1.807) is 13.8 Å². The number of esters is 1. The minimum Gasteiger partial charge on any atom is -0.459 e. The number of carbonyl (C=O) groups is 2. The van der Waals surface area contributed by atoms with Crippen molar-refractivity contribution in [1.82, 2.24) is 5.32 Å². The highest BCUT2D eigenvalue weighted by molar-refractivity contribution is 7.99. The molecule has 0 bridgehead atoms. The van der Waals surface area contributed by atoms with E-state index in [1.165, 1.54) is 0 Å². The number of rotatable bonds is 9. The lowest BCUT2D eigenvalue weighted by atomic mass is 10.0. The average Bonchev–Trinajstić information content (AvgIpc) is 2.51. The predicted octanol–water partition coefficient (Wildman–Crippen LogP) is 3.21. The third-order valence-corrected chi connectivity index (χ3v) is 3.99. The summed E-state index contributed by atoms with van der Waals surface area (Å²) in [5.74, 6) is -0.840. The first-order valence-electron chi connectivity index (χ1n) is 7.41. The third kappa shape index (κ3) is 6.40. The van der Waals surface area contributed by atoms with Crippen LogP contribution in [0.3, 0.4) is 0 Å². The minimum absolute atomic E-state index is 0.106. The summed E-state index contributed by atoms with van der Waals surface area (Å²) >= 11 is 0.706. The Kier molecular flexibility index (Phi) is 7.74. The zero-order valence-electron chi connectivity index (χ0n) is 13.6. The summed E-state index contributed by atoms with van der Waals surface area (Å²) in [6.45, 7) is 5.31. The van der Waals surface area contributed by atoms with Crippen LogP contribution in [0.15, 0.2) is 34.9 Å². The molecule has 1 aromatic carbocycles. The summed E-state index contributed by atoms with van der Waals surface area (Å²) in [7, 11) is 0. The molecule has 126 valence electrons. The summed E-state index contributed by atoms with van der Waals surface area (Å²) in [5, 5.41) is 2.65. The van der Waals surface area contributed by atoms with E-state index in [0.29, 0.717) is 24.8 Å². The van der Waals surface area contributed by atoms with Crippen molar-refractivity contribution >= 4 is 23.8 Å². The Balaban J connectivity index is 2.78. The molecule has 0 spiro atoms. The van der Waals surface area contributed by atoms with Crippen molar-refractivity contribution in [3.8, 4) is 0 Å². The van der Waals surface area contributed by atoms with E-state index in [0.717, 1.165) is 5.56 Å². The zero-order chi connectivity index (χ0) is 17.3. The fourth-order valence-corrected chi connectivity index (χ4v) is 2.39. The number of hydrogen-bond donors (Lipinski definition) is 1. The maximum absolute atomic E-state index is 12.4. The molecule has 0 aliphatic rings. The van der Waals surface area contributed by atoms with E-state index < -0.39 is 16.8 Å². The van der Waals surface area contributed by atoms with Crippen molar-refractivity contribution in [2.45, 2.75) is 51.0 Å². The lowest BCUT2D eigenvalue weighted by Gasteiger charge is -2.29. The van der Waals surface area contributed by atoms with Gasteiger partial charge >= 0.3 is 5.97 Å². The molecule has 0 aromatic heterocycles. The molecule has 0 radical (unpaired) electrons. The molecule has 1 atom stereocenters. The van der Waals surface area contributed by atoms with E-state index in [2.05, 4.69) is 9.90 Å². The lowest BCUT2D eigenvalue weighted by Crippen LogP contribution is -2.53. The molecule has 0 heterocycles. The van der Waals surface area contributed by atoms with Crippen LogP contribution in [0.1, 0.15) is 39.2 Å². The van der Waals surface area contributed by atoms with Crippen molar-refractivity contribution in [3.05, 3.63) is 40.8 Å². The molecule has 23 heavy (non-hydrogen) atoms. The number of amides is 1.